The molecular formula is C22H35NO. The van der Waals surface area contributed by atoms with Crippen LogP contribution in [0.15, 0.2) is 11.1 Å². The smallest absolute Gasteiger partial charge is 0.226 e. The van der Waals surface area contributed by atoms with Gasteiger partial charge in [-0.15, -0.1) is 0 Å². The Morgan fingerprint density at radius 3 is 2.12 bits per heavy atom. The molecule has 0 aromatic rings. The molecule has 0 saturated heterocycles. The van der Waals surface area contributed by atoms with Crippen LogP contribution in [0.1, 0.15) is 85.0 Å². The minimum atomic E-state index is 0.207. The quantitative estimate of drug-likeness (QED) is 0.641. The highest BCUT2D eigenvalue weighted by Crippen LogP contribution is 2.57. The molecule has 5 aliphatic carbocycles. The fraction of sp³-hybridized carbons (Fsp3) is 0.864. The maximum Gasteiger partial charge on any atom is 0.226 e. The first-order valence-corrected chi connectivity index (χ1v) is 10.2. The van der Waals surface area contributed by atoms with Gasteiger partial charge in [-0.05, 0) is 87.9 Å². The molecule has 0 unspecified atom stereocenters. The van der Waals surface area contributed by atoms with Crippen LogP contribution in [0.3, 0.4) is 0 Å². The van der Waals surface area contributed by atoms with E-state index in [0.717, 1.165) is 17.8 Å². The summed E-state index contributed by atoms with van der Waals surface area (Å²) in [6, 6.07) is 0. The number of hydrogen-bond acceptors (Lipinski definition) is 1. The van der Waals surface area contributed by atoms with E-state index in [9.17, 15) is 4.79 Å². The van der Waals surface area contributed by atoms with Crippen molar-refractivity contribution in [3.63, 3.8) is 0 Å². The predicted molar refractivity (Wildman–Crippen MR) is 98.6 cm³/mol. The number of rotatable bonds is 3. The highest BCUT2D eigenvalue weighted by atomic mass is 16.2. The molecule has 0 N–H and O–H groups in total. The van der Waals surface area contributed by atoms with Crippen LogP contribution in [0.5, 0.6) is 0 Å². The third-order valence-corrected chi connectivity index (χ3v) is 8.11. The first kappa shape index (κ1) is 16.7. The van der Waals surface area contributed by atoms with Gasteiger partial charge in [0.25, 0.3) is 0 Å². The molecule has 0 heterocycles. The van der Waals surface area contributed by atoms with E-state index in [1.165, 1.54) is 68.9 Å². The van der Waals surface area contributed by atoms with Gasteiger partial charge in [0.15, 0.2) is 0 Å². The molecule has 1 amide bonds. The van der Waals surface area contributed by atoms with Crippen LogP contribution in [-0.2, 0) is 4.79 Å². The third-order valence-electron chi connectivity index (χ3n) is 8.11. The summed E-state index contributed by atoms with van der Waals surface area (Å²) in [5.74, 6) is 3.09. The maximum atomic E-state index is 13.3. The third kappa shape index (κ3) is 2.65. The van der Waals surface area contributed by atoms with E-state index in [4.69, 9.17) is 0 Å². The van der Waals surface area contributed by atoms with Crippen LogP contribution >= 0.6 is 0 Å². The van der Waals surface area contributed by atoms with Crippen molar-refractivity contribution in [2.45, 2.75) is 90.5 Å². The van der Waals surface area contributed by atoms with Gasteiger partial charge in [0.05, 0.1) is 0 Å². The van der Waals surface area contributed by atoms with E-state index in [1.807, 2.05) is 0 Å². The fourth-order valence-corrected chi connectivity index (χ4v) is 7.08. The molecule has 4 bridgehead atoms. The van der Waals surface area contributed by atoms with Gasteiger partial charge in [-0.2, -0.15) is 0 Å². The SMILES string of the molecule is CC1=C(CC(=O)N(C)C23CC4CC(CC(C4)C2)C3)C(C)(C)CCC1. The lowest BCUT2D eigenvalue weighted by atomic mass is 9.52. The number of hydrogen-bond donors (Lipinski definition) is 0. The van der Waals surface area contributed by atoms with Crippen LogP contribution in [0, 0.1) is 23.2 Å². The zero-order valence-electron chi connectivity index (χ0n) is 16.2. The molecule has 2 nitrogen and oxygen atoms in total. The van der Waals surface area contributed by atoms with E-state index >= 15 is 0 Å². The van der Waals surface area contributed by atoms with Gasteiger partial charge in [0.1, 0.15) is 0 Å². The zero-order chi connectivity index (χ0) is 17.1. The van der Waals surface area contributed by atoms with Crippen LogP contribution in [0.2, 0.25) is 0 Å². The lowest BCUT2D eigenvalue weighted by molar-refractivity contribution is -0.146. The van der Waals surface area contributed by atoms with E-state index in [1.54, 1.807) is 0 Å². The summed E-state index contributed by atoms with van der Waals surface area (Å²) < 4.78 is 0. The topological polar surface area (TPSA) is 20.3 Å². The molecule has 0 radical (unpaired) electrons. The van der Waals surface area contributed by atoms with Gasteiger partial charge in [0.2, 0.25) is 5.91 Å². The van der Waals surface area contributed by atoms with Crippen LogP contribution in [0.4, 0.5) is 0 Å². The first-order valence-electron chi connectivity index (χ1n) is 10.2. The van der Waals surface area contributed by atoms with E-state index in [0.29, 0.717) is 12.3 Å². The largest absolute Gasteiger partial charge is 0.340 e. The minimum Gasteiger partial charge on any atom is -0.340 e. The molecule has 2 heteroatoms. The highest BCUT2D eigenvalue weighted by molar-refractivity contribution is 5.80. The zero-order valence-corrected chi connectivity index (χ0v) is 16.2. The average Bonchev–Trinajstić information content (AvgIpc) is 2.48. The van der Waals surface area contributed by atoms with Gasteiger partial charge in [0, 0.05) is 19.0 Å². The molecule has 4 saturated carbocycles. The van der Waals surface area contributed by atoms with Crippen molar-refractivity contribution in [2.75, 3.05) is 7.05 Å². The summed E-state index contributed by atoms with van der Waals surface area (Å²) >= 11 is 0. The highest BCUT2D eigenvalue weighted by Gasteiger charge is 2.53. The summed E-state index contributed by atoms with van der Waals surface area (Å²) in [4.78, 5) is 15.5. The first-order chi connectivity index (χ1) is 11.3. The Bertz CT molecular complexity index is 535. The monoisotopic (exact) mass is 329 g/mol. The second-order valence-electron chi connectivity index (χ2n) is 10.3. The van der Waals surface area contributed by atoms with Crippen molar-refractivity contribution in [1.29, 1.82) is 0 Å². The van der Waals surface area contributed by atoms with Crippen molar-refractivity contribution in [3.05, 3.63) is 11.1 Å². The molecule has 0 atom stereocenters. The normalized spacial score (nSPS) is 40.1. The predicted octanol–water partition coefficient (Wildman–Crippen LogP) is 5.33. The number of allylic oxidation sites excluding steroid dienone is 1. The van der Waals surface area contributed by atoms with Gasteiger partial charge in [-0.3, -0.25) is 4.79 Å². The van der Waals surface area contributed by atoms with Gasteiger partial charge in [-0.1, -0.05) is 25.0 Å². The molecule has 4 fully saturated rings. The van der Waals surface area contributed by atoms with Gasteiger partial charge >= 0.3 is 0 Å². The number of nitrogens with zero attached hydrogens (tertiary/aromatic N) is 1. The lowest BCUT2D eigenvalue weighted by Gasteiger charge is -2.60. The van der Waals surface area contributed by atoms with Gasteiger partial charge < -0.3 is 4.90 Å². The Labute approximate surface area is 148 Å². The summed E-state index contributed by atoms with van der Waals surface area (Å²) in [5, 5.41) is 0. The minimum absolute atomic E-state index is 0.207. The summed E-state index contributed by atoms with van der Waals surface area (Å²) in [6.07, 6.45) is 12.5. The Kier molecular flexibility index (Phi) is 3.89. The van der Waals surface area contributed by atoms with E-state index < -0.39 is 0 Å². The van der Waals surface area contributed by atoms with Crippen molar-refractivity contribution < 1.29 is 4.79 Å². The molecular weight excluding hydrogens is 294 g/mol. The fourth-order valence-electron chi connectivity index (χ4n) is 7.08. The Balaban J connectivity index is 1.53. The van der Waals surface area contributed by atoms with E-state index in [2.05, 4.69) is 32.7 Å². The van der Waals surface area contributed by atoms with Crippen LogP contribution in [-0.4, -0.2) is 23.4 Å². The molecule has 5 rings (SSSR count). The molecule has 5 aliphatic rings. The maximum absolute atomic E-state index is 13.3. The summed E-state index contributed by atoms with van der Waals surface area (Å²) in [7, 11) is 2.13. The number of carbonyl (C=O) groups is 1. The molecule has 24 heavy (non-hydrogen) atoms. The summed E-state index contributed by atoms with van der Waals surface area (Å²) in [6.45, 7) is 6.93. The number of amides is 1. The van der Waals surface area contributed by atoms with Gasteiger partial charge in [-0.25, -0.2) is 0 Å². The van der Waals surface area contributed by atoms with Crippen LogP contribution < -0.4 is 0 Å². The van der Waals surface area contributed by atoms with Crippen molar-refractivity contribution >= 4 is 5.91 Å². The molecule has 0 aromatic carbocycles. The van der Waals surface area contributed by atoms with Crippen molar-refractivity contribution in [2.24, 2.45) is 23.2 Å². The Hall–Kier alpha value is -0.790. The number of carbonyl (C=O) groups excluding carboxylic acids is 1. The summed E-state index contributed by atoms with van der Waals surface area (Å²) in [5.41, 5.74) is 3.34. The Morgan fingerprint density at radius 2 is 1.62 bits per heavy atom. The second kappa shape index (κ2) is 5.61. The second-order valence-corrected chi connectivity index (χ2v) is 10.3. The van der Waals surface area contributed by atoms with Crippen LogP contribution in [0.25, 0.3) is 0 Å². The molecule has 0 aliphatic heterocycles. The molecule has 134 valence electrons. The van der Waals surface area contributed by atoms with E-state index in [-0.39, 0.29) is 11.0 Å². The average molecular weight is 330 g/mol. The van der Waals surface area contributed by atoms with Crippen molar-refractivity contribution in [1.82, 2.24) is 4.90 Å². The Morgan fingerprint density at radius 1 is 1.08 bits per heavy atom. The molecule has 0 aromatic heterocycles. The standard InChI is InChI=1S/C22H35NO/c1-15-6-5-7-21(2,3)19(15)11-20(24)23(4)22-12-16-8-17(13-22)10-18(9-16)14-22/h16-18H,5-14H2,1-4H3. The molecule has 0 spiro atoms. The van der Waals surface area contributed by atoms with Crippen molar-refractivity contribution in [3.8, 4) is 0 Å². The lowest BCUT2D eigenvalue weighted by Crippen LogP contribution is -2.60.